The van der Waals surface area contributed by atoms with Crippen molar-refractivity contribution >= 4 is 33.2 Å². The first-order chi connectivity index (χ1) is 13.5. The summed E-state index contributed by atoms with van der Waals surface area (Å²) in [5, 5.41) is 1.00. The van der Waals surface area contributed by atoms with Gasteiger partial charge in [0.2, 0.25) is 5.78 Å². The fraction of sp³-hybridized carbons (Fsp3) is 0.364. The first-order valence-electron chi connectivity index (χ1n) is 9.50. The zero-order valence-corrected chi connectivity index (χ0v) is 16.9. The molecule has 0 aliphatic carbocycles. The van der Waals surface area contributed by atoms with Gasteiger partial charge in [0.05, 0.1) is 6.10 Å². The van der Waals surface area contributed by atoms with Crippen LogP contribution in [0.4, 0.5) is 0 Å². The summed E-state index contributed by atoms with van der Waals surface area (Å²) in [6.45, 7) is 5.23. The van der Waals surface area contributed by atoms with Crippen molar-refractivity contribution in [3.8, 4) is 0 Å². The molecule has 0 unspecified atom stereocenters. The van der Waals surface area contributed by atoms with E-state index < -0.39 is 5.97 Å². The fourth-order valence-corrected chi connectivity index (χ4v) is 4.68. The quantitative estimate of drug-likeness (QED) is 0.453. The largest absolute Gasteiger partial charge is 0.453 e. The van der Waals surface area contributed by atoms with E-state index in [0.29, 0.717) is 10.4 Å². The number of esters is 1. The molecule has 3 aromatic rings. The Morgan fingerprint density at radius 1 is 1.25 bits per heavy atom. The lowest BCUT2D eigenvalue weighted by atomic mass is 10.1. The molecule has 1 atom stereocenters. The van der Waals surface area contributed by atoms with Gasteiger partial charge in [-0.2, -0.15) is 0 Å². The number of benzene rings is 1. The van der Waals surface area contributed by atoms with Gasteiger partial charge >= 0.3 is 5.97 Å². The van der Waals surface area contributed by atoms with Gasteiger partial charge in [0.1, 0.15) is 4.88 Å². The van der Waals surface area contributed by atoms with E-state index in [4.69, 9.17) is 9.47 Å². The van der Waals surface area contributed by atoms with Gasteiger partial charge in [-0.15, -0.1) is 11.3 Å². The fourth-order valence-electron chi connectivity index (χ4n) is 3.72. The van der Waals surface area contributed by atoms with E-state index in [2.05, 4.69) is 4.57 Å². The average molecular weight is 397 g/mol. The van der Waals surface area contributed by atoms with E-state index in [1.807, 2.05) is 44.2 Å². The minimum Gasteiger partial charge on any atom is -0.453 e. The summed E-state index contributed by atoms with van der Waals surface area (Å²) in [5.41, 5.74) is 2.53. The van der Waals surface area contributed by atoms with Gasteiger partial charge in [-0.25, -0.2) is 4.79 Å². The van der Waals surface area contributed by atoms with E-state index in [1.165, 1.54) is 11.3 Å². The smallest absolute Gasteiger partial charge is 0.348 e. The van der Waals surface area contributed by atoms with Gasteiger partial charge in [-0.05, 0) is 50.3 Å². The second-order valence-corrected chi connectivity index (χ2v) is 8.26. The van der Waals surface area contributed by atoms with Gasteiger partial charge in [0.25, 0.3) is 0 Å². The van der Waals surface area contributed by atoms with Crippen LogP contribution in [0.3, 0.4) is 0 Å². The predicted molar refractivity (Wildman–Crippen MR) is 109 cm³/mol. The Morgan fingerprint density at radius 3 is 2.82 bits per heavy atom. The van der Waals surface area contributed by atoms with Gasteiger partial charge in [-0.1, -0.05) is 18.2 Å². The molecule has 1 fully saturated rings. The Labute approximate surface area is 167 Å². The molecule has 1 aliphatic rings. The van der Waals surface area contributed by atoms with Crippen molar-refractivity contribution in [3.05, 3.63) is 58.2 Å². The number of carbonyl (C=O) groups is 2. The molecule has 5 nitrogen and oxygen atoms in total. The molecule has 2 aromatic heterocycles. The van der Waals surface area contributed by atoms with Crippen LogP contribution in [0.5, 0.6) is 0 Å². The van der Waals surface area contributed by atoms with Crippen molar-refractivity contribution in [3.63, 3.8) is 0 Å². The molecule has 6 heteroatoms. The third-order valence-corrected chi connectivity index (χ3v) is 6.34. The van der Waals surface area contributed by atoms with Crippen molar-refractivity contribution in [1.29, 1.82) is 0 Å². The molecule has 0 saturated carbocycles. The van der Waals surface area contributed by atoms with Gasteiger partial charge in [-0.3, -0.25) is 4.79 Å². The molecule has 4 rings (SSSR count). The Bertz CT molecular complexity index is 994. The molecule has 3 heterocycles. The lowest BCUT2D eigenvalue weighted by Gasteiger charge is -2.14. The molecule has 28 heavy (non-hydrogen) atoms. The van der Waals surface area contributed by atoms with Crippen molar-refractivity contribution in [2.24, 2.45) is 0 Å². The van der Waals surface area contributed by atoms with Crippen LogP contribution in [0.15, 0.2) is 36.4 Å². The number of fused-ring (bicyclic) bond motifs is 1. The van der Waals surface area contributed by atoms with E-state index >= 15 is 0 Å². The van der Waals surface area contributed by atoms with Crippen molar-refractivity contribution in [2.75, 3.05) is 13.2 Å². The van der Waals surface area contributed by atoms with Crippen molar-refractivity contribution in [2.45, 2.75) is 39.3 Å². The molecule has 0 amide bonds. The number of ether oxygens (including phenoxy) is 2. The first kappa shape index (κ1) is 18.9. The molecular weight excluding hydrogens is 374 g/mol. The van der Waals surface area contributed by atoms with Gasteiger partial charge < -0.3 is 14.0 Å². The Kier molecular flexibility index (Phi) is 5.33. The molecule has 0 spiro atoms. The average Bonchev–Trinajstić information content (AvgIpc) is 3.41. The maximum atomic E-state index is 12.7. The Morgan fingerprint density at radius 2 is 2.07 bits per heavy atom. The zero-order valence-electron chi connectivity index (χ0n) is 16.1. The minimum absolute atomic E-state index is 0.179. The summed E-state index contributed by atoms with van der Waals surface area (Å²) in [6.07, 6.45) is 2.34. The standard InChI is InChI=1S/C22H23NO4S/c1-14-10-18(15(2)23(14)12-17-7-5-9-26-17)19(24)13-27-22(25)21-11-16-6-3-4-8-20(16)28-21/h3-4,6,8,10-11,17H,5,7,9,12-13H2,1-2H3/t17-/m0/s1. The number of hydrogen-bond donors (Lipinski definition) is 0. The number of carbonyl (C=O) groups excluding carboxylic acids is 2. The molecule has 1 aromatic carbocycles. The van der Waals surface area contributed by atoms with Crippen molar-refractivity contribution in [1.82, 2.24) is 4.57 Å². The topological polar surface area (TPSA) is 57.5 Å². The summed E-state index contributed by atoms with van der Waals surface area (Å²) < 4.78 is 14.2. The maximum absolute atomic E-state index is 12.7. The Hall–Kier alpha value is -2.44. The second-order valence-electron chi connectivity index (χ2n) is 7.18. The van der Waals surface area contributed by atoms with Crippen LogP contribution in [0.1, 0.15) is 44.3 Å². The summed E-state index contributed by atoms with van der Waals surface area (Å²) in [5.74, 6) is -0.635. The van der Waals surface area contributed by atoms with Crippen LogP contribution in [-0.4, -0.2) is 35.6 Å². The third-order valence-electron chi connectivity index (χ3n) is 5.25. The number of nitrogens with zero attached hydrogens (tertiary/aromatic N) is 1. The molecular formula is C22H23NO4S. The lowest BCUT2D eigenvalue weighted by Crippen LogP contribution is -2.18. The summed E-state index contributed by atoms with van der Waals surface area (Å²) in [4.78, 5) is 25.5. The number of aromatic nitrogens is 1. The lowest BCUT2D eigenvalue weighted by molar-refractivity contribution is 0.0479. The highest BCUT2D eigenvalue weighted by Gasteiger charge is 2.22. The SMILES string of the molecule is Cc1cc(C(=O)COC(=O)c2cc3ccccc3s2)c(C)n1C[C@@H]1CCCO1. The molecule has 1 aliphatic heterocycles. The number of ketones is 1. The van der Waals surface area contributed by atoms with E-state index in [9.17, 15) is 9.59 Å². The van der Waals surface area contributed by atoms with E-state index in [-0.39, 0.29) is 18.5 Å². The van der Waals surface area contributed by atoms with Crippen LogP contribution in [0.25, 0.3) is 10.1 Å². The van der Waals surface area contributed by atoms with E-state index in [0.717, 1.165) is 47.5 Å². The summed E-state index contributed by atoms with van der Waals surface area (Å²) >= 11 is 1.38. The number of thiophene rings is 1. The third kappa shape index (κ3) is 3.75. The van der Waals surface area contributed by atoms with Gasteiger partial charge in [0.15, 0.2) is 6.61 Å². The Balaban J connectivity index is 1.42. The highest BCUT2D eigenvalue weighted by atomic mass is 32.1. The minimum atomic E-state index is -0.456. The molecule has 0 radical (unpaired) electrons. The highest BCUT2D eigenvalue weighted by Crippen LogP contribution is 2.26. The normalized spacial score (nSPS) is 16.6. The molecule has 0 N–H and O–H groups in total. The van der Waals surface area contributed by atoms with Crippen LogP contribution in [0, 0.1) is 13.8 Å². The zero-order chi connectivity index (χ0) is 19.7. The predicted octanol–water partition coefficient (Wildman–Crippen LogP) is 4.54. The first-order valence-corrected chi connectivity index (χ1v) is 10.3. The second kappa shape index (κ2) is 7.89. The molecule has 1 saturated heterocycles. The number of hydrogen-bond acceptors (Lipinski definition) is 5. The number of aryl methyl sites for hydroxylation is 1. The number of Topliss-reactive ketones (excluding diaryl/α,β-unsaturated/α-hetero) is 1. The van der Waals surface area contributed by atoms with Crippen LogP contribution in [0.2, 0.25) is 0 Å². The molecule has 146 valence electrons. The van der Waals surface area contributed by atoms with E-state index in [1.54, 1.807) is 6.07 Å². The van der Waals surface area contributed by atoms with Crippen LogP contribution >= 0.6 is 11.3 Å². The van der Waals surface area contributed by atoms with Crippen LogP contribution in [-0.2, 0) is 16.0 Å². The maximum Gasteiger partial charge on any atom is 0.348 e. The van der Waals surface area contributed by atoms with Crippen LogP contribution < -0.4 is 0 Å². The summed E-state index contributed by atoms with van der Waals surface area (Å²) in [6, 6.07) is 11.5. The van der Waals surface area contributed by atoms with Crippen molar-refractivity contribution < 1.29 is 19.1 Å². The summed E-state index contributed by atoms with van der Waals surface area (Å²) in [7, 11) is 0. The monoisotopic (exact) mass is 397 g/mol. The highest BCUT2D eigenvalue weighted by molar-refractivity contribution is 7.20. The molecule has 0 bridgehead atoms. The number of rotatable bonds is 6. The van der Waals surface area contributed by atoms with Gasteiger partial charge in [0, 0.05) is 34.8 Å².